The van der Waals surface area contributed by atoms with Gasteiger partial charge in [-0.2, -0.15) is 0 Å². The monoisotopic (exact) mass is 351 g/mol. The van der Waals surface area contributed by atoms with Gasteiger partial charge in [0.15, 0.2) is 0 Å². The van der Waals surface area contributed by atoms with Crippen LogP contribution in [0.4, 0.5) is 4.79 Å². The van der Waals surface area contributed by atoms with E-state index < -0.39 is 29.5 Å². The van der Waals surface area contributed by atoms with Crippen molar-refractivity contribution < 1.29 is 19.1 Å². The molecule has 2 saturated carbocycles. The van der Waals surface area contributed by atoms with Gasteiger partial charge in [0.1, 0.15) is 18.2 Å². The number of alkyl carbamates (subject to hydrolysis) is 1. The van der Waals surface area contributed by atoms with Crippen molar-refractivity contribution in [1.29, 1.82) is 0 Å². The number of nitrogens with two attached hydrogens (primary N) is 1. The maximum Gasteiger partial charge on any atom is 0.408 e. The van der Waals surface area contributed by atoms with E-state index in [1.165, 1.54) is 11.3 Å². The fraction of sp³-hybridized carbons (Fsp3) is 0.833. The van der Waals surface area contributed by atoms with Gasteiger partial charge in [-0.15, -0.1) is 0 Å². The Morgan fingerprint density at radius 3 is 2.36 bits per heavy atom. The van der Waals surface area contributed by atoms with Gasteiger partial charge < -0.3 is 20.7 Å². The van der Waals surface area contributed by atoms with Crippen LogP contribution >= 0.6 is 0 Å². The molecule has 0 spiro atoms. The zero-order chi connectivity index (χ0) is 18.4. The molecule has 3 aliphatic rings. The highest BCUT2D eigenvalue weighted by molar-refractivity contribution is 5.91. The van der Waals surface area contributed by atoms with Crippen LogP contribution in [-0.4, -0.2) is 47.5 Å². The third kappa shape index (κ3) is 3.90. The summed E-state index contributed by atoms with van der Waals surface area (Å²) in [6.45, 7) is 6.14. The third-order valence-corrected chi connectivity index (χ3v) is 5.71. The summed E-state index contributed by atoms with van der Waals surface area (Å²) in [7, 11) is 0. The summed E-state index contributed by atoms with van der Waals surface area (Å²) in [5.41, 5.74) is 4.92. The number of nitrogens with one attached hydrogen (secondary N) is 1. The molecular weight excluding hydrogens is 322 g/mol. The molecule has 0 aromatic heterocycles. The summed E-state index contributed by atoms with van der Waals surface area (Å²) in [5.74, 6) is 0.684. The number of nitrogens with zero attached hydrogens (tertiary/aromatic N) is 1. The van der Waals surface area contributed by atoms with Crippen molar-refractivity contribution in [2.45, 2.75) is 71.1 Å². The van der Waals surface area contributed by atoms with Crippen LogP contribution in [0.3, 0.4) is 0 Å². The predicted octanol–water partition coefficient (Wildman–Crippen LogP) is 1.40. The second-order valence-electron chi connectivity index (χ2n) is 8.79. The minimum atomic E-state index is -0.754. The summed E-state index contributed by atoms with van der Waals surface area (Å²) < 4.78 is 5.51. The normalized spacial score (nSPS) is 32.0. The molecule has 1 heterocycles. The molecule has 3 amide bonds. The molecule has 0 bridgehead atoms. The number of likely N-dealkylation sites (tertiary alicyclic amines) is 1. The zero-order valence-electron chi connectivity index (χ0n) is 15.3. The van der Waals surface area contributed by atoms with Crippen molar-refractivity contribution in [2.75, 3.05) is 6.54 Å². The van der Waals surface area contributed by atoms with Crippen LogP contribution < -0.4 is 11.1 Å². The Labute approximate surface area is 148 Å². The molecule has 2 aliphatic carbocycles. The number of ether oxygens (including phenoxy) is 1. The lowest BCUT2D eigenvalue weighted by Crippen LogP contribution is -2.57. The van der Waals surface area contributed by atoms with E-state index in [-0.39, 0.29) is 12.0 Å². The van der Waals surface area contributed by atoms with Gasteiger partial charge in [0.05, 0.1) is 0 Å². The molecule has 1 saturated heterocycles. The van der Waals surface area contributed by atoms with E-state index in [9.17, 15) is 14.4 Å². The van der Waals surface area contributed by atoms with Crippen molar-refractivity contribution in [2.24, 2.45) is 23.0 Å². The molecule has 0 aromatic carbocycles. The number of fused-ring (bicyclic) bond motifs is 1. The van der Waals surface area contributed by atoms with Gasteiger partial charge >= 0.3 is 6.09 Å². The average molecular weight is 351 g/mol. The Morgan fingerprint density at radius 1 is 1.16 bits per heavy atom. The Morgan fingerprint density at radius 2 is 1.80 bits per heavy atom. The lowest BCUT2D eigenvalue weighted by Gasteiger charge is -2.35. The molecule has 3 rings (SSSR count). The van der Waals surface area contributed by atoms with Crippen LogP contribution in [0.1, 0.15) is 52.9 Å². The van der Waals surface area contributed by atoms with Crippen molar-refractivity contribution in [3.63, 3.8) is 0 Å². The molecule has 25 heavy (non-hydrogen) atoms. The summed E-state index contributed by atoms with van der Waals surface area (Å²) in [6.07, 6.45) is 3.86. The molecule has 3 N–H and O–H groups in total. The number of carbonyl (C=O) groups excluding carboxylic acids is 3. The van der Waals surface area contributed by atoms with Gasteiger partial charge in [-0.05, 0) is 49.4 Å². The Hall–Kier alpha value is -1.79. The van der Waals surface area contributed by atoms with Gasteiger partial charge in [0.25, 0.3) is 0 Å². The van der Waals surface area contributed by atoms with Gasteiger partial charge in [-0.1, -0.05) is 20.8 Å². The molecule has 7 heteroatoms. The first kappa shape index (κ1) is 18.0. The lowest BCUT2D eigenvalue weighted by atomic mass is 9.85. The second-order valence-corrected chi connectivity index (χ2v) is 8.79. The molecule has 3 fully saturated rings. The van der Waals surface area contributed by atoms with Crippen LogP contribution in [0.15, 0.2) is 0 Å². The van der Waals surface area contributed by atoms with E-state index in [1.807, 2.05) is 20.8 Å². The predicted molar refractivity (Wildman–Crippen MR) is 91.4 cm³/mol. The van der Waals surface area contributed by atoms with E-state index in [1.54, 1.807) is 0 Å². The van der Waals surface area contributed by atoms with E-state index in [0.717, 1.165) is 31.1 Å². The van der Waals surface area contributed by atoms with Crippen LogP contribution in [0.25, 0.3) is 0 Å². The highest BCUT2D eigenvalue weighted by Crippen LogP contribution is 2.52. The number of rotatable bonds is 4. The largest absolute Gasteiger partial charge is 0.446 e. The number of primary amides is 1. The smallest absolute Gasteiger partial charge is 0.408 e. The zero-order valence-corrected chi connectivity index (χ0v) is 15.3. The fourth-order valence-electron chi connectivity index (χ4n) is 4.20. The van der Waals surface area contributed by atoms with Crippen LogP contribution in [0.5, 0.6) is 0 Å². The molecular formula is C18H29N3O4. The topological polar surface area (TPSA) is 102 Å². The van der Waals surface area contributed by atoms with Crippen molar-refractivity contribution in [3.8, 4) is 0 Å². The van der Waals surface area contributed by atoms with Crippen molar-refractivity contribution >= 4 is 17.9 Å². The Balaban J connectivity index is 1.63. The lowest BCUT2D eigenvalue weighted by molar-refractivity contribution is -0.141. The number of hydrogen-bond donors (Lipinski definition) is 2. The molecule has 5 atom stereocenters. The maximum atomic E-state index is 13.0. The third-order valence-electron chi connectivity index (χ3n) is 5.71. The standard InChI is InChI=1S/C18H29N3O4/c1-18(2,3)14(16(23)21-6-4-5-13(21)15(19)22)20-17(24)25-12-8-10-7-11(10)9-12/h10-14H,4-9H2,1-3H3,(H2,19,22)(H,20,24)/t10-,11?,12?,13-,14+/m0/s1. The van der Waals surface area contributed by atoms with Crippen LogP contribution in [0, 0.1) is 17.3 Å². The van der Waals surface area contributed by atoms with Crippen molar-refractivity contribution in [3.05, 3.63) is 0 Å². The minimum absolute atomic E-state index is 0.0374. The molecule has 7 nitrogen and oxygen atoms in total. The molecule has 0 radical (unpaired) electrons. The highest BCUT2D eigenvalue weighted by atomic mass is 16.6. The molecule has 0 aromatic rings. The first-order valence-corrected chi connectivity index (χ1v) is 9.23. The highest BCUT2D eigenvalue weighted by Gasteiger charge is 2.48. The fourth-order valence-corrected chi connectivity index (χ4v) is 4.20. The SMILES string of the molecule is CC(C)(C)[C@H](NC(=O)OC1CC2C[C@H]2C1)C(=O)N1CCC[C@H]1C(N)=O. The Kier molecular flexibility index (Phi) is 4.68. The summed E-state index contributed by atoms with van der Waals surface area (Å²) in [5, 5.41) is 2.75. The van der Waals surface area contributed by atoms with E-state index in [4.69, 9.17) is 10.5 Å². The second kappa shape index (κ2) is 6.50. The summed E-state index contributed by atoms with van der Waals surface area (Å²) in [4.78, 5) is 38.4. The van der Waals surface area contributed by atoms with Gasteiger partial charge in [-0.3, -0.25) is 9.59 Å². The number of hydrogen-bond acceptors (Lipinski definition) is 4. The van der Waals surface area contributed by atoms with E-state index in [2.05, 4.69) is 5.32 Å². The average Bonchev–Trinajstić information content (AvgIpc) is 2.94. The first-order valence-electron chi connectivity index (χ1n) is 9.23. The van der Waals surface area contributed by atoms with Crippen molar-refractivity contribution in [1.82, 2.24) is 10.2 Å². The van der Waals surface area contributed by atoms with E-state index in [0.29, 0.717) is 13.0 Å². The summed E-state index contributed by atoms with van der Waals surface area (Å²) in [6, 6.07) is -1.34. The van der Waals surface area contributed by atoms with Gasteiger partial charge in [0, 0.05) is 6.54 Å². The maximum absolute atomic E-state index is 13.0. The van der Waals surface area contributed by atoms with Gasteiger partial charge in [-0.25, -0.2) is 4.79 Å². The number of amides is 3. The Bertz CT molecular complexity index is 561. The van der Waals surface area contributed by atoms with E-state index >= 15 is 0 Å². The summed E-state index contributed by atoms with van der Waals surface area (Å²) >= 11 is 0. The minimum Gasteiger partial charge on any atom is -0.446 e. The molecule has 1 aliphatic heterocycles. The molecule has 2 unspecified atom stereocenters. The quantitative estimate of drug-likeness (QED) is 0.799. The van der Waals surface area contributed by atoms with Crippen LogP contribution in [0.2, 0.25) is 0 Å². The van der Waals surface area contributed by atoms with Gasteiger partial charge in [0.2, 0.25) is 11.8 Å². The first-order chi connectivity index (χ1) is 11.7. The molecule has 140 valence electrons. The number of carbonyl (C=O) groups is 3. The van der Waals surface area contributed by atoms with Crippen LogP contribution in [-0.2, 0) is 14.3 Å².